The zero-order valence-corrected chi connectivity index (χ0v) is 14.2. The number of nitrogens with zero attached hydrogens (tertiary/aromatic N) is 1. The second-order valence-corrected chi connectivity index (χ2v) is 5.63. The Kier molecular flexibility index (Phi) is 4.43. The van der Waals surface area contributed by atoms with Gasteiger partial charge in [-0.05, 0) is 30.7 Å². The van der Waals surface area contributed by atoms with E-state index in [0.29, 0.717) is 22.5 Å². The van der Waals surface area contributed by atoms with Crippen LogP contribution in [0.25, 0.3) is 16.7 Å². The van der Waals surface area contributed by atoms with E-state index in [4.69, 9.17) is 9.15 Å². The zero-order chi connectivity index (χ0) is 18.0. The number of aryl methyl sites for hydroxylation is 1. The van der Waals surface area contributed by atoms with Crippen molar-refractivity contribution in [2.75, 3.05) is 12.4 Å². The number of methoxy groups -OCH3 is 1. The van der Waals surface area contributed by atoms with Crippen LogP contribution in [0.2, 0.25) is 0 Å². The third kappa shape index (κ3) is 3.33. The zero-order valence-electron chi connectivity index (χ0n) is 14.2. The molecule has 0 fully saturated rings. The maximum Gasteiger partial charge on any atom is 0.419 e. The molecule has 3 rings (SSSR count). The van der Waals surface area contributed by atoms with Gasteiger partial charge in [0.15, 0.2) is 5.58 Å². The number of carbonyl (C=O) groups excluding carboxylic acids is 1. The van der Waals surface area contributed by atoms with E-state index in [2.05, 4.69) is 5.32 Å². The van der Waals surface area contributed by atoms with E-state index < -0.39 is 5.76 Å². The van der Waals surface area contributed by atoms with Crippen molar-refractivity contribution in [1.29, 1.82) is 0 Å². The smallest absolute Gasteiger partial charge is 0.419 e. The lowest BCUT2D eigenvalue weighted by molar-refractivity contribution is -0.111. The summed E-state index contributed by atoms with van der Waals surface area (Å²) in [5, 5.41) is 2.77. The van der Waals surface area contributed by atoms with E-state index >= 15 is 0 Å². The monoisotopic (exact) mass is 338 g/mol. The van der Waals surface area contributed by atoms with Gasteiger partial charge < -0.3 is 14.5 Å². The fraction of sp³-hybridized carbons (Fsp3) is 0.158. The molecule has 1 amide bonds. The third-order valence-corrected chi connectivity index (χ3v) is 3.94. The van der Waals surface area contributed by atoms with Crippen LogP contribution in [0.3, 0.4) is 0 Å². The van der Waals surface area contributed by atoms with Gasteiger partial charge in [-0.3, -0.25) is 9.36 Å². The third-order valence-electron chi connectivity index (χ3n) is 3.94. The van der Waals surface area contributed by atoms with Crippen LogP contribution in [0.5, 0.6) is 5.75 Å². The first-order chi connectivity index (χ1) is 12.0. The number of fused-ring (bicyclic) bond motifs is 1. The van der Waals surface area contributed by atoms with Crippen molar-refractivity contribution >= 4 is 28.3 Å². The molecule has 0 radical (unpaired) electrons. The van der Waals surface area contributed by atoms with Gasteiger partial charge in [-0.25, -0.2) is 4.79 Å². The molecule has 128 valence electrons. The molecule has 0 bridgehead atoms. The lowest BCUT2D eigenvalue weighted by Gasteiger charge is -2.08. The lowest BCUT2D eigenvalue weighted by Crippen LogP contribution is -2.09. The van der Waals surface area contributed by atoms with Crippen LogP contribution in [0.15, 0.2) is 57.8 Å². The summed E-state index contributed by atoms with van der Waals surface area (Å²) in [6.07, 6.45) is 1.50. The molecule has 1 N–H and O–H groups in total. The van der Waals surface area contributed by atoms with Crippen LogP contribution in [0, 0.1) is 0 Å². The Morgan fingerprint density at radius 2 is 2.00 bits per heavy atom. The summed E-state index contributed by atoms with van der Waals surface area (Å²) >= 11 is 0. The van der Waals surface area contributed by atoms with E-state index in [9.17, 15) is 9.59 Å². The molecule has 3 aromatic rings. The van der Waals surface area contributed by atoms with Gasteiger partial charge in [0, 0.05) is 30.4 Å². The van der Waals surface area contributed by atoms with Crippen LogP contribution >= 0.6 is 0 Å². The van der Waals surface area contributed by atoms with E-state index in [-0.39, 0.29) is 5.91 Å². The Labute approximate surface area is 144 Å². The summed E-state index contributed by atoms with van der Waals surface area (Å²) in [5.74, 6) is -0.0112. The number of amides is 1. The summed E-state index contributed by atoms with van der Waals surface area (Å²) in [4.78, 5) is 23.8. The highest BCUT2D eigenvalue weighted by atomic mass is 16.5. The van der Waals surface area contributed by atoms with Crippen LogP contribution in [-0.4, -0.2) is 17.6 Å². The van der Waals surface area contributed by atoms with E-state index in [1.165, 1.54) is 10.6 Å². The van der Waals surface area contributed by atoms with Gasteiger partial charge >= 0.3 is 5.76 Å². The second-order valence-electron chi connectivity index (χ2n) is 5.63. The average molecular weight is 338 g/mol. The number of rotatable bonds is 4. The molecule has 6 heteroatoms. The van der Waals surface area contributed by atoms with Gasteiger partial charge in [-0.1, -0.05) is 18.2 Å². The molecular weight excluding hydrogens is 320 g/mol. The van der Waals surface area contributed by atoms with Crippen molar-refractivity contribution in [3.63, 3.8) is 0 Å². The van der Waals surface area contributed by atoms with Gasteiger partial charge in [-0.15, -0.1) is 0 Å². The minimum atomic E-state index is -0.439. The predicted molar refractivity (Wildman–Crippen MR) is 96.7 cm³/mol. The fourth-order valence-electron chi connectivity index (χ4n) is 2.63. The number of allylic oxidation sites excluding steroid dienone is 1. The number of nitrogens with one attached hydrogen (secondary N) is 1. The van der Waals surface area contributed by atoms with Gasteiger partial charge in [0.2, 0.25) is 5.91 Å². The molecule has 1 aromatic heterocycles. The number of anilines is 1. The number of aromatic nitrogens is 1. The number of oxazole rings is 1. The first kappa shape index (κ1) is 16.6. The highest BCUT2D eigenvalue weighted by Gasteiger charge is 2.09. The topological polar surface area (TPSA) is 73.5 Å². The normalized spacial score (nSPS) is 11.6. The second kappa shape index (κ2) is 6.68. The van der Waals surface area contributed by atoms with Crippen molar-refractivity contribution in [1.82, 2.24) is 4.57 Å². The summed E-state index contributed by atoms with van der Waals surface area (Å²) in [7, 11) is 3.22. The van der Waals surface area contributed by atoms with Crippen LogP contribution in [-0.2, 0) is 11.8 Å². The summed E-state index contributed by atoms with van der Waals surface area (Å²) in [6, 6.07) is 12.6. The predicted octanol–water partition coefficient (Wildman–Crippen LogP) is 3.18. The van der Waals surface area contributed by atoms with Crippen LogP contribution in [0.1, 0.15) is 12.5 Å². The molecule has 0 atom stereocenters. The van der Waals surface area contributed by atoms with Crippen molar-refractivity contribution < 1.29 is 13.9 Å². The van der Waals surface area contributed by atoms with Gasteiger partial charge in [0.05, 0.1) is 12.6 Å². The standard InChI is InChI=1S/C19H18N2O4/c1-12(14-6-4-5-7-16(14)24-3)10-18(22)20-13-8-9-15-17(11-13)25-19(23)21(15)2/h4-11H,1-3H3,(H,20,22)/b12-10+. The molecule has 0 aliphatic carbocycles. The molecule has 0 saturated carbocycles. The van der Waals surface area contributed by atoms with Crippen molar-refractivity contribution in [3.8, 4) is 5.75 Å². The first-order valence-corrected chi connectivity index (χ1v) is 7.72. The summed E-state index contributed by atoms with van der Waals surface area (Å²) < 4.78 is 11.8. The van der Waals surface area contributed by atoms with Gasteiger partial charge in [0.1, 0.15) is 5.75 Å². The Morgan fingerprint density at radius 1 is 1.24 bits per heavy atom. The van der Waals surface area contributed by atoms with Crippen molar-refractivity contribution in [2.45, 2.75) is 6.92 Å². The molecule has 2 aromatic carbocycles. The average Bonchev–Trinajstić information content (AvgIpc) is 2.88. The number of benzene rings is 2. The fourth-order valence-corrected chi connectivity index (χ4v) is 2.63. The Morgan fingerprint density at radius 3 is 2.76 bits per heavy atom. The molecule has 25 heavy (non-hydrogen) atoms. The molecule has 0 spiro atoms. The minimum absolute atomic E-state index is 0.277. The molecule has 0 aliphatic heterocycles. The van der Waals surface area contributed by atoms with Crippen LogP contribution < -0.4 is 15.8 Å². The molecule has 0 aliphatic rings. The molecular formula is C19H18N2O4. The maximum atomic E-state index is 12.3. The lowest BCUT2D eigenvalue weighted by atomic mass is 10.1. The molecule has 0 saturated heterocycles. The van der Waals surface area contributed by atoms with Crippen LogP contribution in [0.4, 0.5) is 5.69 Å². The number of hydrogen-bond donors (Lipinski definition) is 1. The Bertz CT molecular complexity index is 1030. The maximum absolute atomic E-state index is 12.3. The highest BCUT2D eigenvalue weighted by molar-refractivity contribution is 6.04. The highest BCUT2D eigenvalue weighted by Crippen LogP contribution is 2.25. The van der Waals surface area contributed by atoms with E-state index in [1.807, 2.05) is 31.2 Å². The van der Waals surface area contributed by atoms with Crippen molar-refractivity contribution in [3.05, 3.63) is 64.7 Å². The van der Waals surface area contributed by atoms with E-state index in [1.54, 1.807) is 32.4 Å². The van der Waals surface area contributed by atoms with E-state index in [0.717, 1.165) is 11.1 Å². The SMILES string of the molecule is COc1ccccc1/C(C)=C/C(=O)Nc1ccc2c(c1)oc(=O)n2C. The largest absolute Gasteiger partial charge is 0.496 e. The summed E-state index contributed by atoms with van der Waals surface area (Å²) in [6.45, 7) is 1.84. The quantitative estimate of drug-likeness (QED) is 0.742. The molecule has 1 heterocycles. The van der Waals surface area contributed by atoms with Gasteiger partial charge in [0.25, 0.3) is 0 Å². The summed E-state index contributed by atoms with van der Waals surface area (Å²) in [5.41, 5.74) is 3.28. The Balaban J connectivity index is 1.83. The molecule has 0 unspecified atom stereocenters. The number of ether oxygens (including phenoxy) is 1. The van der Waals surface area contributed by atoms with Crippen molar-refractivity contribution in [2.24, 2.45) is 7.05 Å². The molecule has 6 nitrogen and oxygen atoms in total. The number of carbonyl (C=O) groups is 1. The first-order valence-electron chi connectivity index (χ1n) is 7.72. The van der Waals surface area contributed by atoms with Gasteiger partial charge in [-0.2, -0.15) is 0 Å². The minimum Gasteiger partial charge on any atom is -0.496 e. The Hall–Kier alpha value is -3.28. The number of para-hydroxylation sites is 1. The number of hydrogen-bond acceptors (Lipinski definition) is 4.